The Balaban J connectivity index is 2.50. The van der Waals surface area contributed by atoms with E-state index in [1.54, 1.807) is 18.2 Å². The molecular formula is C10H13NO2. The maximum Gasteiger partial charge on any atom is 0.180 e. The normalized spacial score (nSPS) is 9.62. The molecule has 1 rings (SSSR count). The van der Waals surface area contributed by atoms with Crippen molar-refractivity contribution in [1.82, 2.24) is 0 Å². The molecule has 0 bridgehead atoms. The van der Waals surface area contributed by atoms with Crippen LogP contribution in [-0.2, 0) is 11.2 Å². The lowest BCUT2D eigenvalue weighted by molar-refractivity contribution is 0.386. The molecule has 3 heteroatoms. The van der Waals surface area contributed by atoms with Gasteiger partial charge in [0.15, 0.2) is 5.90 Å². The van der Waals surface area contributed by atoms with Crippen molar-refractivity contribution in [2.24, 2.45) is 0 Å². The van der Waals surface area contributed by atoms with E-state index in [1.807, 2.05) is 6.07 Å². The molecule has 13 heavy (non-hydrogen) atoms. The van der Waals surface area contributed by atoms with Crippen LogP contribution in [0.4, 0.5) is 0 Å². The Morgan fingerprint density at radius 3 is 2.92 bits per heavy atom. The summed E-state index contributed by atoms with van der Waals surface area (Å²) in [5.41, 5.74) is 1.02. The van der Waals surface area contributed by atoms with E-state index in [0.29, 0.717) is 6.42 Å². The van der Waals surface area contributed by atoms with Gasteiger partial charge in [-0.1, -0.05) is 12.1 Å². The van der Waals surface area contributed by atoms with Gasteiger partial charge in [-0.2, -0.15) is 0 Å². The van der Waals surface area contributed by atoms with Gasteiger partial charge < -0.3 is 9.84 Å². The molecule has 0 unspecified atom stereocenters. The molecule has 0 aliphatic heterocycles. The van der Waals surface area contributed by atoms with E-state index in [0.717, 1.165) is 12.0 Å². The minimum atomic E-state index is 0.265. The number of rotatable bonds is 3. The second-order valence-electron chi connectivity index (χ2n) is 2.80. The second kappa shape index (κ2) is 4.50. The highest BCUT2D eigenvalue weighted by molar-refractivity contribution is 5.72. The summed E-state index contributed by atoms with van der Waals surface area (Å²) in [4.78, 5) is 0. The number of methoxy groups -OCH3 is 1. The first-order valence-corrected chi connectivity index (χ1v) is 4.11. The molecule has 0 fully saturated rings. The highest BCUT2D eigenvalue weighted by atomic mass is 16.5. The fraction of sp³-hybridized carbons (Fsp3) is 0.300. The quantitative estimate of drug-likeness (QED) is 0.550. The fourth-order valence-electron chi connectivity index (χ4n) is 1.07. The van der Waals surface area contributed by atoms with Gasteiger partial charge in [-0.3, -0.25) is 5.41 Å². The molecule has 0 atom stereocenters. The van der Waals surface area contributed by atoms with Crippen molar-refractivity contribution in [3.05, 3.63) is 29.8 Å². The zero-order valence-electron chi connectivity index (χ0n) is 7.58. The van der Waals surface area contributed by atoms with Crippen LogP contribution in [0.15, 0.2) is 24.3 Å². The maximum absolute atomic E-state index is 9.15. The van der Waals surface area contributed by atoms with Crippen molar-refractivity contribution >= 4 is 5.90 Å². The number of benzene rings is 1. The molecule has 0 aliphatic rings. The zero-order valence-corrected chi connectivity index (χ0v) is 7.58. The van der Waals surface area contributed by atoms with Crippen molar-refractivity contribution in [2.45, 2.75) is 12.8 Å². The summed E-state index contributed by atoms with van der Waals surface area (Å²) in [6.07, 6.45) is 1.29. The summed E-state index contributed by atoms with van der Waals surface area (Å²) < 4.78 is 4.72. The lowest BCUT2D eigenvalue weighted by atomic mass is 10.1. The molecule has 0 amide bonds. The molecule has 3 nitrogen and oxygen atoms in total. The van der Waals surface area contributed by atoms with Crippen LogP contribution in [0.25, 0.3) is 0 Å². The Bertz CT molecular complexity index is 297. The van der Waals surface area contributed by atoms with Crippen LogP contribution in [0.5, 0.6) is 5.75 Å². The summed E-state index contributed by atoms with van der Waals surface area (Å²) >= 11 is 0. The lowest BCUT2D eigenvalue weighted by Gasteiger charge is -2.02. The molecule has 70 valence electrons. The Morgan fingerprint density at radius 2 is 2.31 bits per heavy atom. The number of aryl methyl sites for hydroxylation is 1. The van der Waals surface area contributed by atoms with E-state index in [2.05, 4.69) is 0 Å². The van der Waals surface area contributed by atoms with E-state index < -0.39 is 0 Å². The molecule has 0 saturated carbocycles. The molecular weight excluding hydrogens is 166 g/mol. The first kappa shape index (κ1) is 9.58. The van der Waals surface area contributed by atoms with Crippen LogP contribution in [0, 0.1) is 5.41 Å². The summed E-state index contributed by atoms with van der Waals surface area (Å²) in [5, 5.41) is 16.4. The van der Waals surface area contributed by atoms with E-state index >= 15 is 0 Å². The van der Waals surface area contributed by atoms with Crippen molar-refractivity contribution in [3.8, 4) is 5.75 Å². The Labute approximate surface area is 77.5 Å². The third-order valence-electron chi connectivity index (χ3n) is 1.80. The predicted octanol–water partition coefficient (Wildman–Crippen LogP) is 1.95. The molecule has 0 aromatic heterocycles. The molecule has 2 N–H and O–H groups in total. The first-order valence-electron chi connectivity index (χ1n) is 4.11. The van der Waals surface area contributed by atoms with Gasteiger partial charge in [0.05, 0.1) is 7.11 Å². The van der Waals surface area contributed by atoms with E-state index in [1.165, 1.54) is 7.11 Å². The fourth-order valence-corrected chi connectivity index (χ4v) is 1.07. The van der Waals surface area contributed by atoms with Crippen LogP contribution >= 0.6 is 0 Å². The van der Waals surface area contributed by atoms with Crippen molar-refractivity contribution in [3.63, 3.8) is 0 Å². The molecule has 0 spiro atoms. The van der Waals surface area contributed by atoms with Crippen LogP contribution in [-0.4, -0.2) is 18.1 Å². The second-order valence-corrected chi connectivity index (χ2v) is 2.80. The van der Waals surface area contributed by atoms with Crippen LogP contribution < -0.4 is 0 Å². The first-order chi connectivity index (χ1) is 6.22. The standard InChI is InChI=1S/C10H13NO2/c1-13-10(11)6-5-8-3-2-4-9(12)7-8/h2-4,7,11-12H,5-6H2,1H3. The minimum absolute atomic E-state index is 0.265. The van der Waals surface area contributed by atoms with Gasteiger partial charge in [-0.05, 0) is 24.1 Å². The van der Waals surface area contributed by atoms with Gasteiger partial charge in [0.2, 0.25) is 0 Å². The molecule has 1 aromatic carbocycles. The number of aromatic hydroxyl groups is 1. The van der Waals surface area contributed by atoms with E-state index in [9.17, 15) is 0 Å². The Morgan fingerprint density at radius 1 is 1.54 bits per heavy atom. The molecule has 1 aromatic rings. The van der Waals surface area contributed by atoms with Gasteiger partial charge >= 0.3 is 0 Å². The summed E-state index contributed by atoms with van der Waals surface area (Å²) in [7, 11) is 1.49. The molecule has 0 heterocycles. The van der Waals surface area contributed by atoms with Crippen LogP contribution in [0.2, 0.25) is 0 Å². The molecule has 0 aliphatic carbocycles. The van der Waals surface area contributed by atoms with Crippen LogP contribution in [0.1, 0.15) is 12.0 Å². The number of phenolic OH excluding ortho intramolecular Hbond substituents is 1. The van der Waals surface area contributed by atoms with E-state index in [-0.39, 0.29) is 11.6 Å². The van der Waals surface area contributed by atoms with Crippen LogP contribution in [0.3, 0.4) is 0 Å². The van der Waals surface area contributed by atoms with E-state index in [4.69, 9.17) is 15.3 Å². The largest absolute Gasteiger partial charge is 0.508 e. The average molecular weight is 179 g/mol. The number of ether oxygens (including phenoxy) is 1. The average Bonchev–Trinajstić information content (AvgIpc) is 2.14. The maximum atomic E-state index is 9.15. The molecule has 0 saturated heterocycles. The summed E-state index contributed by atoms with van der Waals surface area (Å²) in [6, 6.07) is 7.04. The third kappa shape index (κ3) is 3.15. The SMILES string of the molecule is COC(=N)CCc1cccc(O)c1. The van der Waals surface area contributed by atoms with Crippen molar-refractivity contribution in [2.75, 3.05) is 7.11 Å². The van der Waals surface area contributed by atoms with Gasteiger partial charge in [-0.15, -0.1) is 0 Å². The highest BCUT2D eigenvalue weighted by Gasteiger charge is 1.98. The number of hydrogen-bond acceptors (Lipinski definition) is 3. The Kier molecular flexibility index (Phi) is 3.31. The summed E-state index contributed by atoms with van der Waals surface area (Å²) in [6.45, 7) is 0. The Hall–Kier alpha value is -1.51. The highest BCUT2D eigenvalue weighted by Crippen LogP contribution is 2.12. The molecule has 0 radical (unpaired) electrons. The van der Waals surface area contributed by atoms with Gasteiger partial charge in [0.25, 0.3) is 0 Å². The van der Waals surface area contributed by atoms with Crippen molar-refractivity contribution in [1.29, 1.82) is 5.41 Å². The topological polar surface area (TPSA) is 53.3 Å². The monoisotopic (exact) mass is 179 g/mol. The van der Waals surface area contributed by atoms with Gasteiger partial charge in [0, 0.05) is 6.42 Å². The zero-order chi connectivity index (χ0) is 9.68. The number of hydrogen-bond donors (Lipinski definition) is 2. The summed E-state index contributed by atoms with van der Waals surface area (Å²) in [5.74, 6) is 0.532. The van der Waals surface area contributed by atoms with Gasteiger partial charge in [-0.25, -0.2) is 0 Å². The number of phenols is 1. The third-order valence-corrected chi connectivity index (χ3v) is 1.80. The van der Waals surface area contributed by atoms with Gasteiger partial charge in [0.1, 0.15) is 5.75 Å². The smallest absolute Gasteiger partial charge is 0.180 e. The lowest BCUT2D eigenvalue weighted by Crippen LogP contribution is -2.00. The van der Waals surface area contributed by atoms with Crippen molar-refractivity contribution < 1.29 is 9.84 Å². The number of nitrogens with one attached hydrogen (secondary N) is 1. The predicted molar refractivity (Wildman–Crippen MR) is 51.2 cm³/mol. The minimum Gasteiger partial charge on any atom is -0.508 e.